The highest BCUT2D eigenvalue weighted by Crippen LogP contribution is 2.46. The summed E-state index contributed by atoms with van der Waals surface area (Å²) in [6, 6.07) is 1.32. The van der Waals surface area contributed by atoms with E-state index >= 15 is 0 Å². The average Bonchev–Trinajstić information content (AvgIpc) is 2.38. The first-order valence-electron chi connectivity index (χ1n) is 4.68. The van der Waals surface area contributed by atoms with Crippen LogP contribution in [0.1, 0.15) is 5.56 Å². The van der Waals surface area contributed by atoms with E-state index in [2.05, 4.69) is 20.0 Å². The fourth-order valence-electron chi connectivity index (χ4n) is 1.39. The Morgan fingerprint density at radius 2 is 1.21 bits per heavy atom. The van der Waals surface area contributed by atoms with E-state index in [1.165, 1.54) is 37.3 Å². The van der Waals surface area contributed by atoms with Gasteiger partial charge in [-0.3, -0.25) is 0 Å². The Morgan fingerprint density at radius 1 is 0.737 bits per heavy atom. The second-order valence-electron chi connectivity index (χ2n) is 3.07. The van der Waals surface area contributed by atoms with Crippen LogP contribution in [0.3, 0.4) is 0 Å². The summed E-state index contributed by atoms with van der Waals surface area (Å²) in [6.45, 7) is 1.53. The van der Waals surface area contributed by atoms with Crippen molar-refractivity contribution in [2.45, 2.75) is 6.92 Å². The third kappa shape index (κ3) is 2.90. The lowest BCUT2D eigenvalue weighted by Gasteiger charge is -2.06. The molecule has 0 fully saturated rings. The molecule has 0 unspecified atom stereocenters. The van der Waals surface area contributed by atoms with Gasteiger partial charge in [-0.25, -0.2) is 19.2 Å². The fourth-order valence-corrected chi connectivity index (χ4v) is 1.39. The molecule has 0 atom stereocenters. The Morgan fingerprint density at radius 3 is 1.74 bits per heavy atom. The lowest BCUT2D eigenvalue weighted by atomic mass is 10.1. The molecule has 0 radical (unpaired) electrons. The monoisotopic (exact) mass is 256 g/mol. The first-order chi connectivity index (χ1) is 9.19. The molecular formula is C11H4N4O4. The van der Waals surface area contributed by atoms with Crippen LogP contribution in [0.25, 0.3) is 0 Å². The molecule has 0 aliphatic heterocycles. The highest BCUT2D eigenvalue weighted by Gasteiger charge is 2.16. The van der Waals surface area contributed by atoms with E-state index in [4.69, 9.17) is 0 Å². The molecule has 8 heteroatoms. The molecule has 0 aromatic heterocycles. The van der Waals surface area contributed by atoms with Crippen molar-refractivity contribution < 1.29 is 19.2 Å². The van der Waals surface area contributed by atoms with Gasteiger partial charge in [-0.2, -0.15) is 20.0 Å². The largest absolute Gasteiger partial charge is 0.240 e. The number of aryl methyl sites for hydroxylation is 1. The van der Waals surface area contributed by atoms with Crippen LogP contribution in [0.5, 0.6) is 0 Å². The minimum Gasteiger partial charge on any atom is -0.211 e. The quantitative estimate of drug-likeness (QED) is 0.603. The summed E-state index contributed by atoms with van der Waals surface area (Å²) in [5.41, 5.74) is -0.180. The van der Waals surface area contributed by atoms with E-state index in [0.717, 1.165) is 0 Å². The molecule has 0 bridgehead atoms. The molecule has 1 aromatic carbocycles. The van der Waals surface area contributed by atoms with E-state index in [-0.39, 0.29) is 22.7 Å². The maximum absolute atomic E-state index is 10.4. The number of aliphatic imine (C=N–C) groups is 4. The number of carbonyl (C=O) groups excluding carboxylic acids is 4. The van der Waals surface area contributed by atoms with Gasteiger partial charge < -0.3 is 0 Å². The van der Waals surface area contributed by atoms with Crippen molar-refractivity contribution in [1.29, 1.82) is 0 Å². The zero-order valence-electron chi connectivity index (χ0n) is 9.50. The van der Waals surface area contributed by atoms with Crippen LogP contribution in [0.4, 0.5) is 22.7 Å². The van der Waals surface area contributed by atoms with Gasteiger partial charge in [-0.1, -0.05) is 0 Å². The van der Waals surface area contributed by atoms with Crippen LogP contribution in [-0.2, 0) is 19.2 Å². The van der Waals surface area contributed by atoms with Crippen molar-refractivity contribution in [3.63, 3.8) is 0 Å². The predicted molar refractivity (Wildman–Crippen MR) is 62.3 cm³/mol. The molecule has 0 heterocycles. The van der Waals surface area contributed by atoms with Gasteiger partial charge in [-0.05, 0) is 18.6 Å². The number of nitrogens with zero attached hydrogens (tertiary/aromatic N) is 4. The molecule has 0 saturated heterocycles. The Bertz CT molecular complexity index is 715. The maximum atomic E-state index is 10.4. The van der Waals surface area contributed by atoms with Crippen molar-refractivity contribution in [3.8, 4) is 0 Å². The topological polar surface area (TPSA) is 118 Å². The number of rotatable bonds is 4. The average molecular weight is 256 g/mol. The van der Waals surface area contributed by atoms with E-state index in [1.54, 1.807) is 0 Å². The van der Waals surface area contributed by atoms with Crippen LogP contribution in [0.15, 0.2) is 26.0 Å². The molecule has 0 aliphatic carbocycles. The van der Waals surface area contributed by atoms with Crippen LogP contribution in [-0.4, -0.2) is 24.3 Å². The summed E-state index contributed by atoms with van der Waals surface area (Å²) in [6.07, 6.45) is 5.01. The Kier molecular flexibility index (Phi) is 4.70. The Labute approximate surface area is 105 Å². The molecule has 0 saturated carbocycles. The van der Waals surface area contributed by atoms with E-state index < -0.39 is 0 Å². The number of hydrogen-bond donors (Lipinski definition) is 0. The van der Waals surface area contributed by atoms with Crippen LogP contribution < -0.4 is 0 Å². The fraction of sp³-hybridized carbons (Fsp3) is 0.0909. The van der Waals surface area contributed by atoms with Crippen molar-refractivity contribution >= 4 is 47.1 Å². The molecule has 8 nitrogen and oxygen atoms in total. The van der Waals surface area contributed by atoms with Crippen LogP contribution in [0, 0.1) is 6.92 Å². The first kappa shape index (κ1) is 13.8. The molecule has 92 valence electrons. The first-order valence-corrected chi connectivity index (χ1v) is 4.68. The molecule has 0 spiro atoms. The van der Waals surface area contributed by atoms with Crippen molar-refractivity contribution in [2.24, 2.45) is 20.0 Å². The van der Waals surface area contributed by atoms with Gasteiger partial charge in [0.05, 0.1) is 0 Å². The summed E-state index contributed by atoms with van der Waals surface area (Å²) in [7, 11) is 0. The van der Waals surface area contributed by atoms with Gasteiger partial charge >= 0.3 is 0 Å². The number of isocyanates is 4. The summed E-state index contributed by atoms with van der Waals surface area (Å²) in [5, 5.41) is 0. The standard InChI is InChI=1S/C11H4N4O4/c1-7-2-8(12-3-16)10(14-5-18)11(15-6-19)9(7)13-4-17/h2H,1H3. The van der Waals surface area contributed by atoms with Crippen molar-refractivity contribution in [2.75, 3.05) is 0 Å². The van der Waals surface area contributed by atoms with Crippen LogP contribution >= 0.6 is 0 Å². The molecule has 19 heavy (non-hydrogen) atoms. The highest BCUT2D eigenvalue weighted by molar-refractivity contribution is 5.90. The van der Waals surface area contributed by atoms with Gasteiger partial charge in [0.15, 0.2) is 0 Å². The van der Waals surface area contributed by atoms with Gasteiger partial charge in [0.25, 0.3) is 0 Å². The molecule has 0 N–H and O–H groups in total. The summed E-state index contributed by atoms with van der Waals surface area (Å²) < 4.78 is 0. The van der Waals surface area contributed by atoms with E-state index in [0.29, 0.717) is 5.56 Å². The molecule has 0 amide bonds. The second-order valence-corrected chi connectivity index (χ2v) is 3.07. The second kappa shape index (κ2) is 6.47. The smallest absolute Gasteiger partial charge is 0.211 e. The normalized spacial score (nSPS) is 8.26. The van der Waals surface area contributed by atoms with Gasteiger partial charge in [0.2, 0.25) is 24.3 Å². The molecular weight excluding hydrogens is 252 g/mol. The van der Waals surface area contributed by atoms with E-state index in [1.807, 2.05) is 0 Å². The molecule has 1 rings (SSSR count). The zero-order chi connectivity index (χ0) is 14.3. The number of benzene rings is 1. The van der Waals surface area contributed by atoms with Crippen molar-refractivity contribution in [3.05, 3.63) is 11.6 Å². The van der Waals surface area contributed by atoms with Crippen molar-refractivity contribution in [1.82, 2.24) is 0 Å². The van der Waals surface area contributed by atoms with Gasteiger partial charge in [-0.15, -0.1) is 0 Å². The lowest BCUT2D eigenvalue weighted by Crippen LogP contribution is -1.80. The lowest BCUT2D eigenvalue weighted by molar-refractivity contribution is 0.563. The van der Waals surface area contributed by atoms with E-state index in [9.17, 15) is 19.2 Å². The molecule has 1 aromatic rings. The maximum Gasteiger partial charge on any atom is 0.240 e. The summed E-state index contributed by atoms with van der Waals surface area (Å²) in [5.74, 6) is 0. The minimum absolute atomic E-state index is 0.0304. The SMILES string of the molecule is Cc1cc(N=C=O)c(N=C=O)c(N=C=O)c1N=C=O. The highest BCUT2D eigenvalue weighted by atomic mass is 16.1. The summed E-state index contributed by atoms with van der Waals surface area (Å²) >= 11 is 0. The van der Waals surface area contributed by atoms with Gasteiger partial charge in [0.1, 0.15) is 22.7 Å². The number of hydrogen-bond acceptors (Lipinski definition) is 8. The minimum atomic E-state index is -0.235. The Hall–Kier alpha value is -3.26. The third-order valence-electron chi connectivity index (χ3n) is 2.06. The third-order valence-corrected chi connectivity index (χ3v) is 2.06. The predicted octanol–water partition coefficient (Wildman–Crippen LogP) is 1.86. The zero-order valence-corrected chi connectivity index (χ0v) is 9.50. The van der Waals surface area contributed by atoms with Gasteiger partial charge in [0, 0.05) is 0 Å². The Balaban J connectivity index is 3.94. The molecule has 0 aliphatic rings. The van der Waals surface area contributed by atoms with Crippen LogP contribution in [0.2, 0.25) is 0 Å². The summed E-state index contributed by atoms with van der Waals surface area (Å²) in [4.78, 5) is 54.7.